The maximum atomic E-state index is 11.1. The van der Waals surface area contributed by atoms with Crippen LogP contribution in [0, 0.1) is 0 Å². The Morgan fingerprint density at radius 2 is 2.08 bits per heavy atom. The average molecular weight is 173 g/mol. The van der Waals surface area contributed by atoms with Gasteiger partial charge in [0.15, 0.2) is 0 Å². The smallest absolute Gasteiger partial charge is 0.229 e. The molecule has 0 aliphatic carbocycles. The fraction of sp³-hybridized carbons (Fsp3) is 0.182. The van der Waals surface area contributed by atoms with E-state index in [-0.39, 0.29) is 11.9 Å². The Hall–Kier alpha value is -1.57. The van der Waals surface area contributed by atoms with Gasteiger partial charge in [0.05, 0.1) is 12.5 Å². The Morgan fingerprint density at radius 1 is 1.38 bits per heavy atom. The van der Waals surface area contributed by atoms with Crippen molar-refractivity contribution < 1.29 is 4.79 Å². The Balaban J connectivity index is 2.20. The van der Waals surface area contributed by atoms with Gasteiger partial charge in [-0.1, -0.05) is 36.9 Å². The molecule has 0 aromatic heterocycles. The van der Waals surface area contributed by atoms with Crippen molar-refractivity contribution >= 4 is 5.91 Å². The number of hydrogen-bond acceptors (Lipinski definition) is 1. The highest BCUT2D eigenvalue weighted by atomic mass is 16.2. The molecule has 0 N–H and O–H groups in total. The summed E-state index contributed by atoms with van der Waals surface area (Å²) in [6.45, 7) is 3.61. The van der Waals surface area contributed by atoms with Gasteiger partial charge in [0.25, 0.3) is 0 Å². The summed E-state index contributed by atoms with van der Waals surface area (Å²) in [6.07, 6.45) is 2.21. The Bertz CT molecular complexity index is 331. The lowest BCUT2D eigenvalue weighted by atomic mass is 9.95. The first kappa shape index (κ1) is 8.05. The number of amides is 1. The van der Waals surface area contributed by atoms with E-state index in [1.165, 1.54) is 5.56 Å². The van der Waals surface area contributed by atoms with Gasteiger partial charge in [-0.25, -0.2) is 0 Å². The molecule has 1 aliphatic rings. The van der Waals surface area contributed by atoms with Crippen molar-refractivity contribution in [2.45, 2.75) is 12.5 Å². The van der Waals surface area contributed by atoms with E-state index in [0.717, 1.165) is 0 Å². The first-order valence-electron chi connectivity index (χ1n) is 4.31. The van der Waals surface area contributed by atoms with E-state index in [2.05, 4.69) is 6.58 Å². The van der Waals surface area contributed by atoms with Crippen LogP contribution in [0.4, 0.5) is 0 Å². The number of benzene rings is 1. The standard InChI is InChI=1S/C11H11NO/c1-2-12-10(8-11(12)13)9-6-4-3-5-7-9/h2-7,10H,1,8H2. The van der Waals surface area contributed by atoms with E-state index in [1.807, 2.05) is 30.3 Å². The summed E-state index contributed by atoms with van der Waals surface area (Å²) in [6, 6.07) is 10.2. The quantitative estimate of drug-likeness (QED) is 0.627. The van der Waals surface area contributed by atoms with E-state index in [0.29, 0.717) is 6.42 Å². The molecule has 1 aliphatic heterocycles. The van der Waals surface area contributed by atoms with Crippen molar-refractivity contribution in [3.8, 4) is 0 Å². The van der Waals surface area contributed by atoms with Crippen molar-refractivity contribution in [2.75, 3.05) is 0 Å². The molecule has 13 heavy (non-hydrogen) atoms. The molecule has 1 aromatic carbocycles. The molecule has 2 nitrogen and oxygen atoms in total. The Morgan fingerprint density at radius 3 is 2.62 bits per heavy atom. The SMILES string of the molecule is C=CN1C(=O)CC1c1ccccc1. The lowest BCUT2D eigenvalue weighted by Crippen LogP contribution is -2.42. The van der Waals surface area contributed by atoms with Crippen LogP contribution in [0.2, 0.25) is 0 Å². The largest absolute Gasteiger partial charge is 0.312 e. The van der Waals surface area contributed by atoms with Crippen molar-refractivity contribution in [1.29, 1.82) is 0 Å². The molecule has 0 radical (unpaired) electrons. The Kier molecular flexibility index (Phi) is 1.89. The van der Waals surface area contributed by atoms with E-state index >= 15 is 0 Å². The number of carbonyl (C=O) groups is 1. The van der Waals surface area contributed by atoms with Gasteiger partial charge in [-0.05, 0) is 5.56 Å². The summed E-state index contributed by atoms with van der Waals surface area (Å²) in [5.74, 6) is 0.156. The number of hydrogen-bond donors (Lipinski definition) is 0. The van der Waals surface area contributed by atoms with Gasteiger partial charge >= 0.3 is 0 Å². The molecule has 0 bridgehead atoms. The molecular weight excluding hydrogens is 162 g/mol. The minimum Gasteiger partial charge on any atom is -0.312 e. The maximum Gasteiger partial charge on any atom is 0.229 e. The highest BCUT2D eigenvalue weighted by Gasteiger charge is 2.34. The van der Waals surface area contributed by atoms with Gasteiger partial charge in [0.2, 0.25) is 5.91 Å². The van der Waals surface area contributed by atoms with E-state index < -0.39 is 0 Å². The number of nitrogens with zero attached hydrogens (tertiary/aromatic N) is 1. The first-order chi connectivity index (χ1) is 6.33. The summed E-state index contributed by atoms with van der Waals surface area (Å²) in [5.41, 5.74) is 1.18. The summed E-state index contributed by atoms with van der Waals surface area (Å²) in [7, 11) is 0. The molecule has 1 fully saturated rings. The number of β-lactam (4-membered cyclic amide) rings is 1. The van der Waals surface area contributed by atoms with Crippen LogP contribution in [0.15, 0.2) is 43.1 Å². The second-order valence-corrected chi connectivity index (χ2v) is 3.11. The van der Waals surface area contributed by atoms with Gasteiger partial charge in [0, 0.05) is 6.20 Å². The molecule has 1 aromatic rings. The third-order valence-electron chi connectivity index (χ3n) is 2.37. The molecule has 66 valence electrons. The zero-order chi connectivity index (χ0) is 9.26. The molecule has 0 spiro atoms. The van der Waals surface area contributed by atoms with Crippen LogP contribution in [-0.2, 0) is 4.79 Å². The minimum atomic E-state index is 0.156. The predicted octanol–water partition coefficient (Wildman–Crippen LogP) is 2.10. The van der Waals surface area contributed by atoms with Gasteiger partial charge in [0.1, 0.15) is 0 Å². The van der Waals surface area contributed by atoms with Crippen molar-refractivity contribution in [2.24, 2.45) is 0 Å². The number of carbonyl (C=O) groups excluding carboxylic acids is 1. The van der Waals surface area contributed by atoms with Crippen molar-refractivity contribution in [3.05, 3.63) is 48.7 Å². The van der Waals surface area contributed by atoms with E-state index in [4.69, 9.17) is 0 Å². The highest BCUT2D eigenvalue weighted by Crippen LogP contribution is 2.33. The molecule has 1 saturated heterocycles. The third kappa shape index (κ3) is 1.24. The summed E-state index contributed by atoms with van der Waals surface area (Å²) in [5, 5.41) is 0. The molecule has 1 heterocycles. The zero-order valence-corrected chi connectivity index (χ0v) is 7.31. The van der Waals surface area contributed by atoms with E-state index in [9.17, 15) is 4.79 Å². The minimum absolute atomic E-state index is 0.156. The summed E-state index contributed by atoms with van der Waals surface area (Å²) >= 11 is 0. The highest BCUT2D eigenvalue weighted by molar-refractivity contribution is 5.84. The molecule has 1 unspecified atom stereocenters. The summed E-state index contributed by atoms with van der Waals surface area (Å²) < 4.78 is 0. The lowest BCUT2D eigenvalue weighted by Gasteiger charge is -2.37. The number of rotatable bonds is 2. The topological polar surface area (TPSA) is 20.3 Å². The normalized spacial score (nSPS) is 21.1. The van der Waals surface area contributed by atoms with Crippen LogP contribution in [0.1, 0.15) is 18.0 Å². The predicted molar refractivity (Wildman–Crippen MR) is 50.8 cm³/mol. The first-order valence-corrected chi connectivity index (χ1v) is 4.31. The monoisotopic (exact) mass is 173 g/mol. The fourth-order valence-corrected chi connectivity index (χ4v) is 1.61. The van der Waals surface area contributed by atoms with Crippen LogP contribution in [-0.4, -0.2) is 10.8 Å². The lowest BCUT2D eigenvalue weighted by molar-refractivity contribution is -0.141. The van der Waals surface area contributed by atoms with E-state index in [1.54, 1.807) is 11.1 Å². The van der Waals surface area contributed by atoms with Gasteiger partial charge in [-0.15, -0.1) is 0 Å². The average Bonchev–Trinajstić information content (AvgIpc) is 2.16. The molecular formula is C11H11NO. The molecule has 1 amide bonds. The molecule has 2 rings (SSSR count). The van der Waals surface area contributed by atoms with Gasteiger partial charge < -0.3 is 4.90 Å². The second-order valence-electron chi connectivity index (χ2n) is 3.11. The van der Waals surface area contributed by atoms with Crippen molar-refractivity contribution in [1.82, 2.24) is 4.90 Å². The Labute approximate surface area is 77.5 Å². The molecule has 0 saturated carbocycles. The fourth-order valence-electron chi connectivity index (χ4n) is 1.61. The number of likely N-dealkylation sites (tertiary alicyclic amines) is 1. The summed E-state index contributed by atoms with van der Waals surface area (Å²) in [4.78, 5) is 12.8. The van der Waals surface area contributed by atoms with Crippen molar-refractivity contribution in [3.63, 3.8) is 0 Å². The van der Waals surface area contributed by atoms with Crippen LogP contribution < -0.4 is 0 Å². The van der Waals surface area contributed by atoms with Gasteiger partial charge in [-0.2, -0.15) is 0 Å². The second kappa shape index (κ2) is 3.05. The van der Waals surface area contributed by atoms with Gasteiger partial charge in [-0.3, -0.25) is 4.79 Å². The van der Waals surface area contributed by atoms with Crippen LogP contribution in [0.5, 0.6) is 0 Å². The van der Waals surface area contributed by atoms with Crippen LogP contribution in [0.25, 0.3) is 0 Å². The maximum absolute atomic E-state index is 11.1. The third-order valence-corrected chi connectivity index (χ3v) is 2.37. The molecule has 2 heteroatoms. The zero-order valence-electron chi connectivity index (χ0n) is 7.31. The molecule has 1 atom stereocenters. The van der Waals surface area contributed by atoms with Crippen LogP contribution in [0.3, 0.4) is 0 Å². The van der Waals surface area contributed by atoms with Crippen LogP contribution >= 0.6 is 0 Å².